The van der Waals surface area contributed by atoms with E-state index in [0.29, 0.717) is 23.1 Å². The first-order valence-corrected chi connectivity index (χ1v) is 8.20. The Morgan fingerprint density at radius 1 is 1.17 bits per heavy atom. The Morgan fingerprint density at radius 3 is 2.46 bits per heavy atom. The van der Waals surface area contributed by atoms with Crippen LogP contribution in [0.2, 0.25) is 10.0 Å². The molecule has 0 aromatic heterocycles. The molecule has 0 aliphatic carbocycles. The molecule has 0 fully saturated rings. The van der Waals surface area contributed by atoms with Gasteiger partial charge in [-0.05, 0) is 42.7 Å². The van der Waals surface area contributed by atoms with Gasteiger partial charge in [-0.25, -0.2) is 0 Å². The SMILES string of the molecule is CCOC(=O)C[C@H](N)Cc1ccc(-c2cc(Cl)ccc2Cl)cc1.Cl. The lowest BCUT2D eigenvalue weighted by molar-refractivity contribution is -0.143. The second-order valence-electron chi connectivity index (χ2n) is 5.29. The molecule has 24 heavy (non-hydrogen) atoms. The Labute approximate surface area is 158 Å². The van der Waals surface area contributed by atoms with Crippen LogP contribution in [0.5, 0.6) is 0 Å². The Morgan fingerprint density at radius 2 is 1.83 bits per heavy atom. The van der Waals surface area contributed by atoms with Gasteiger partial charge in [0, 0.05) is 21.7 Å². The van der Waals surface area contributed by atoms with E-state index >= 15 is 0 Å². The maximum absolute atomic E-state index is 11.4. The fourth-order valence-corrected chi connectivity index (χ4v) is 2.75. The molecule has 130 valence electrons. The van der Waals surface area contributed by atoms with Gasteiger partial charge in [-0.3, -0.25) is 4.79 Å². The largest absolute Gasteiger partial charge is 0.466 e. The van der Waals surface area contributed by atoms with Crippen molar-refractivity contribution in [3.05, 3.63) is 58.1 Å². The maximum Gasteiger partial charge on any atom is 0.307 e. The predicted octanol–water partition coefficient (Wildman–Crippen LogP) is 4.91. The van der Waals surface area contributed by atoms with Crippen LogP contribution in [-0.4, -0.2) is 18.6 Å². The van der Waals surface area contributed by atoms with Crippen LogP contribution in [0.3, 0.4) is 0 Å². The number of carbonyl (C=O) groups excluding carboxylic acids is 1. The van der Waals surface area contributed by atoms with Crippen LogP contribution < -0.4 is 5.73 Å². The highest BCUT2D eigenvalue weighted by Crippen LogP contribution is 2.30. The number of hydrogen-bond donors (Lipinski definition) is 1. The van der Waals surface area contributed by atoms with Gasteiger partial charge in [0.2, 0.25) is 0 Å². The number of rotatable bonds is 6. The van der Waals surface area contributed by atoms with E-state index in [1.165, 1.54) is 0 Å². The van der Waals surface area contributed by atoms with E-state index in [9.17, 15) is 4.79 Å². The molecule has 0 amide bonds. The third-order valence-electron chi connectivity index (χ3n) is 3.43. The van der Waals surface area contributed by atoms with E-state index < -0.39 is 0 Å². The minimum atomic E-state index is -0.262. The third-order valence-corrected chi connectivity index (χ3v) is 3.99. The van der Waals surface area contributed by atoms with E-state index in [2.05, 4.69) is 0 Å². The lowest BCUT2D eigenvalue weighted by Gasteiger charge is -2.12. The van der Waals surface area contributed by atoms with Gasteiger partial charge < -0.3 is 10.5 Å². The number of ether oxygens (including phenoxy) is 1. The van der Waals surface area contributed by atoms with Crippen molar-refractivity contribution in [1.29, 1.82) is 0 Å². The summed E-state index contributed by atoms with van der Waals surface area (Å²) in [6.45, 7) is 2.16. The number of nitrogens with two attached hydrogens (primary N) is 1. The summed E-state index contributed by atoms with van der Waals surface area (Å²) >= 11 is 12.2. The van der Waals surface area contributed by atoms with Gasteiger partial charge in [-0.2, -0.15) is 0 Å². The number of halogens is 3. The van der Waals surface area contributed by atoms with Crippen molar-refractivity contribution in [3.8, 4) is 11.1 Å². The molecule has 2 N–H and O–H groups in total. The molecule has 3 nitrogen and oxygen atoms in total. The highest BCUT2D eigenvalue weighted by molar-refractivity contribution is 6.35. The van der Waals surface area contributed by atoms with E-state index in [4.69, 9.17) is 33.7 Å². The average molecular weight is 389 g/mol. The Bertz CT molecular complexity index is 674. The summed E-state index contributed by atoms with van der Waals surface area (Å²) in [7, 11) is 0. The van der Waals surface area contributed by atoms with Gasteiger partial charge in [-0.15, -0.1) is 12.4 Å². The highest BCUT2D eigenvalue weighted by Gasteiger charge is 2.11. The molecule has 2 rings (SSSR count). The molecule has 2 aromatic rings. The van der Waals surface area contributed by atoms with Crippen molar-refractivity contribution in [1.82, 2.24) is 0 Å². The van der Waals surface area contributed by atoms with Crippen molar-refractivity contribution < 1.29 is 9.53 Å². The maximum atomic E-state index is 11.4. The fourth-order valence-electron chi connectivity index (χ4n) is 2.35. The summed E-state index contributed by atoms with van der Waals surface area (Å²) < 4.78 is 4.91. The molecule has 0 bridgehead atoms. The zero-order valence-electron chi connectivity index (χ0n) is 13.3. The second kappa shape index (κ2) is 9.90. The van der Waals surface area contributed by atoms with Gasteiger partial charge in [0.15, 0.2) is 0 Å². The van der Waals surface area contributed by atoms with Crippen molar-refractivity contribution in [2.75, 3.05) is 6.61 Å². The second-order valence-corrected chi connectivity index (χ2v) is 6.14. The summed E-state index contributed by atoms with van der Waals surface area (Å²) in [5.74, 6) is -0.262. The normalized spacial score (nSPS) is 11.5. The van der Waals surface area contributed by atoms with Gasteiger partial charge in [0.25, 0.3) is 0 Å². The van der Waals surface area contributed by atoms with Gasteiger partial charge in [0.1, 0.15) is 0 Å². The Kier molecular flexibility index (Phi) is 8.57. The smallest absolute Gasteiger partial charge is 0.307 e. The van der Waals surface area contributed by atoms with Crippen molar-refractivity contribution in [2.24, 2.45) is 5.73 Å². The molecule has 0 saturated heterocycles. The van der Waals surface area contributed by atoms with Crippen LogP contribution >= 0.6 is 35.6 Å². The summed E-state index contributed by atoms with van der Waals surface area (Å²) in [5, 5.41) is 1.30. The van der Waals surface area contributed by atoms with Crippen LogP contribution in [0, 0.1) is 0 Å². The molecular weight excluding hydrogens is 369 g/mol. The molecule has 0 spiro atoms. The first-order chi connectivity index (χ1) is 11.0. The molecule has 0 saturated carbocycles. The first-order valence-electron chi connectivity index (χ1n) is 7.45. The molecule has 0 heterocycles. The summed E-state index contributed by atoms with van der Waals surface area (Å²) in [5.41, 5.74) is 8.93. The van der Waals surface area contributed by atoms with Crippen LogP contribution in [0.15, 0.2) is 42.5 Å². The fraction of sp³-hybridized carbons (Fsp3) is 0.278. The van der Waals surface area contributed by atoms with Crippen LogP contribution in [0.25, 0.3) is 11.1 Å². The molecule has 1 atom stereocenters. The zero-order chi connectivity index (χ0) is 16.8. The van der Waals surface area contributed by atoms with Crippen molar-refractivity contribution in [3.63, 3.8) is 0 Å². The summed E-state index contributed by atoms with van der Waals surface area (Å²) in [6.07, 6.45) is 0.831. The Hall–Kier alpha value is -1.26. The summed E-state index contributed by atoms with van der Waals surface area (Å²) in [6, 6.07) is 13.0. The highest BCUT2D eigenvalue weighted by atomic mass is 35.5. The quantitative estimate of drug-likeness (QED) is 0.716. The number of esters is 1. The monoisotopic (exact) mass is 387 g/mol. The molecule has 2 aromatic carbocycles. The minimum Gasteiger partial charge on any atom is -0.466 e. The van der Waals surface area contributed by atoms with E-state index in [0.717, 1.165) is 16.7 Å². The molecule has 0 aliphatic rings. The predicted molar refractivity (Wildman–Crippen MR) is 102 cm³/mol. The van der Waals surface area contributed by atoms with Crippen LogP contribution in [-0.2, 0) is 16.0 Å². The van der Waals surface area contributed by atoms with E-state index in [1.54, 1.807) is 19.1 Å². The molecule has 6 heteroatoms. The minimum absolute atomic E-state index is 0. The van der Waals surface area contributed by atoms with Crippen LogP contribution in [0.1, 0.15) is 18.9 Å². The summed E-state index contributed by atoms with van der Waals surface area (Å²) in [4.78, 5) is 11.4. The van der Waals surface area contributed by atoms with Gasteiger partial charge in [0.05, 0.1) is 13.0 Å². The van der Waals surface area contributed by atoms with E-state index in [-0.39, 0.29) is 30.8 Å². The average Bonchev–Trinajstić information content (AvgIpc) is 2.50. The van der Waals surface area contributed by atoms with Crippen molar-refractivity contribution >= 4 is 41.6 Å². The zero-order valence-corrected chi connectivity index (χ0v) is 15.6. The standard InChI is InChI=1S/C18H19Cl2NO2.ClH/c1-2-23-18(22)11-15(21)9-12-3-5-13(6-4-12)16-10-14(19)7-8-17(16)20;/h3-8,10,15H,2,9,11,21H2,1H3;1H/t15-;/m1./s1. The Balaban J connectivity index is 0.00000288. The number of benzene rings is 2. The topological polar surface area (TPSA) is 52.3 Å². The van der Waals surface area contributed by atoms with Gasteiger partial charge in [-0.1, -0.05) is 47.5 Å². The number of hydrogen-bond acceptors (Lipinski definition) is 3. The van der Waals surface area contributed by atoms with Crippen LogP contribution in [0.4, 0.5) is 0 Å². The first kappa shape index (κ1) is 20.8. The molecular formula is C18H20Cl3NO2. The lowest BCUT2D eigenvalue weighted by Crippen LogP contribution is -2.27. The molecule has 0 radical (unpaired) electrons. The lowest BCUT2D eigenvalue weighted by atomic mass is 10.00. The van der Waals surface area contributed by atoms with Crippen molar-refractivity contribution in [2.45, 2.75) is 25.8 Å². The van der Waals surface area contributed by atoms with E-state index in [1.807, 2.05) is 30.3 Å². The third kappa shape index (κ3) is 5.99. The molecule has 0 aliphatic heterocycles. The molecule has 0 unspecified atom stereocenters. The number of carbonyl (C=O) groups is 1. The van der Waals surface area contributed by atoms with Gasteiger partial charge >= 0.3 is 5.97 Å².